The number of morpholine rings is 1. The van der Waals surface area contributed by atoms with E-state index in [1.165, 1.54) is 11.8 Å². The topological polar surface area (TPSA) is 82.4 Å². The largest absolute Gasteiger partial charge is 0.497 e. The first kappa shape index (κ1) is 20.4. The van der Waals surface area contributed by atoms with Crippen LogP contribution in [0.25, 0.3) is 17.1 Å². The lowest BCUT2D eigenvalue weighted by molar-refractivity contribution is -0.134. The zero-order valence-corrected chi connectivity index (χ0v) is 17.7. The fourth-order valence-corrected chi connectivity index (χ4v) is 4.20. The number of rotatable bonds is 6. The number of nitrogens with zero attached hydrogens (tertiary/aromatic N) is 5. The van der Waals surface area contributed by atoms with Crippen LogP contribution in [-0.4, -0.2) is 69.2 Å². The fourth-order valence-electron chi connectivity index (χ4n) is 3.25. The van der Waals surface area contributed by atoms with Crippen molar-refractivity contribution >= 4 is 17.7 Å². The molecule has 1 amide bonds. The summed E-state index contributed by atoms with van der Waals surface area (Å²) in [5.41, 5.74) is 1.79. The van der Waals surface area contributed by atoms with Crippen LogP contribution in [0, 0.1) is 0 Å². The summed E-state index contributed by atoms with van der Waals surface area (Å²) in [7, 11) is 1.64. The molecule has 3 aromatic rings. The second-order valence-electron chi connectivity index (χ2n) is 6.77. The van der Waals surface area contributed by atoms with Gasteiger partial charge >= 0.3 is 0 Å². The Labute approximate surface area is 179 Å². The van der Waals surface area contributed by atoms with Gasteiger partial charge < -0.3 is 14.4 Å². The number of methoxy groups -OCH3 is 1. The van der Waals surface area contributed by atoms with Crippen LogP contribution in [0.4, 0.5) is 0 Å². The Balaban J connectivity index is 1.67. The third kappa shape index (κ3) is 4.31. The highest BCUT2D eigenvalue weighted by Crippen LogP contribution is 2.31. The van der Waals surface area contributed by atoms with Gasteiger partial charge in [-0.25, -0.2) is 0 Å². The molecule has 1 aliphatic heterocycles. The molecule has 0 aliphatic carbocycles. The molecule has 1 aromatic carbocycles. The molecule has 0 spiro atoms. The lowest BCUT2D eigenvalue weighted by Crippen LogP contribution is -2.44. The average molecular weight is 426 g/mol. The number of pyridine rings is 1. The monoisotopic (exact) mass is 425 g/mol. The molecule has 3 heterocycles. The van der Waals surface area contributed by atoms with Gasteiger partial charge in [0.1, 0.15) is 5.75 Å². The first-order valence-electron chi connectivity index (χ1n) is 9.71. The standard InChI is InChI=1S/C21H23N5O3S/c1-15(20(27)25-11-13-29-14-12-25)30-21-24-23-19(16-7-9-22-10-8-16)26(21)17-3-5-18(28-2)6-4-17/h3-10,15H,11-14H2,1-2H3. The Morgan fingerprint density at radius 1 is 1.10 bits per heavy atom. The quantitative estimate of drug-likeness (QED) is 0.562. The minimum atomic E-state index is -0.297. The molecule has 1 unspecified atom stereocenters. The summed E-state index contributed by atoms with van der Waals surface area (Å²) >= 11 is 1.40. The molecule has 1 atom stereocenters. The molecule has 8 nitrogen and oxygen atoms in total. The number of carbonyl (C=O) groups is 1. The Kier molecular flexibility index (Phi) is 6.29. The van der Waals surface area contributed by atoms with Gasteiger partial charge in [0, 0.05) is 36.7 Å². The van der Waals surface area contributed by atoms with Gasteiger partial charge in [-0.15, -0.1) is 10.2 Å². The van der Waals surface area contributed by atoms with Gasteiger partial charge in [-0.2, -0.15) is 0 Å². The first-order valence-corrected chi connectivity index (χ1v) is 10.6. The molecule has 4 rings (SSSR count). The van der Waals surface area contributed by atoms with Crippen molar-refractivity contribution < 1.29 is 14.3 Å². The van der Waals surface area contributed by atoms with Crippen LogP contribution in [-0.2, 0) is 9.53 Å². The van der Waals surface area contributed by atoms with E-state index in [-0.39, 0.29) is 11.2 Å². The molecule has 9 heteroatoms. The van der Waals surface area contributed by atoms with Crippen molar-refractivity contribution in [2.45, 2.75) is 17.3 Å². The van der Waals surface area contributed by atoms with Crippen LogP contribution >= 0.6 is 11.8 Å². The van der Waals surface area contributed by atoms with Crippen LogP contribution < -0.4 is 4.74 Å². The summed E-state index contributed by atoms with van der Waals surface area (Å²) in [6.07, 6.45) is 3.44. The second-order valence-corrected chi connectivity index (χ2v) is 8.08. The van der Waals surface area contributed by atoms with E-state index in [1.807, 2.05) is 52.8 Å². The fraction of sp³-hybridized carbons (Fsp3) is 0.333. The predicted molar refractivity (Wildman–Crippen MR) is 114 cm³/mol. The van der Waals surface area contributed by atoms with Crippen molar-refractivity contribution in [3.63, 3.8) is 0 Å². The maximum absolute atomic E-state index is 12.9. The average Bonchev–Trinajstić information content (AvgIpc) is 3.23. The highest BCUT2D eigenvalue weighted by molar-refractivity contribution is 8.00. The molecule has 1 saturated heterocycles. The van der Waals surface area contributed by atoms with Crippen LogP contribution in [0.1, 0.15) is 6.92 Å². The summed E-state index contributed by atoms with van der Waals surface area (Å²) in [4.78, 5) is 18.8. The minimum Gasteiger partial charge on any atom is -0.497 e. The summed E-state index contributed by atoms with van der Waals surface area (Å²) < 4.78 is 12.6. The Morgan fingerprint density at radius 2 is 1.80 bits per heavy atom. The predicted octanol–water partition coefficient (Wildman–Crippen LogP) is 2.68. The summed E-state index contributed by atoms with van der Waals surface area (Å²) in [5, 5.41) is 9.18. The summed E-state index contributed by atoms with van der Waals surface area (Å²) in [6.45, 7) is 4.31. The van der Waals surface area contributed by atoms with E-state index in [2.05, 4.69) is 15.2 Å². The van der Waals surface area contributed by atoms with E-state index in [0.29, 0.717) is 37.3 Å². The third-order valence-electron chi connectivity index (χ3n) is 4.86. The maximum atomic E-state index is 12.9. The SMILES string of the molecule is COc1ccc(-n2c(SC(C)C(=O)N3CCOCC3)nnc2-c2ccncc2)cc1. The van der Waals surface area contributed by atoms with Gasteiger partial charge in [0.05, 0.1) is 25.6 Å². The highest BCUT2D eigenvalue weighted by Gasteiger charge is 2.26. The van der Waals surface area contributed by atoms with Gasteiger partial charge in [0.25, 0.3) is 0 Å². The van der Waals surface area contributed by atoms with Crippen molar-refractivity contribution in [3.05, 3.63) is 48.8 Å². The molecule has 0 bridgehead atoms. The lowest BCUT2D eigenvalue weighted by Gasteiger charge is -2.28. The zero-order chi connectivity index (χ0) is 20.9. The number of hydrogen-bond donors (Lipinski definition) is 0. The Morgan fingerprint density at radius 3 is 2.47 bits per heavy atom. The maximum Gasteiger partial charge on any atom is 0.236 e. The number of ether oxygens (including phenoxy) is 2. The number of amides is 1. The number of aromatic nitrogens is 4. The molecular formula is C21H23N5O3S. The van der Waals surface area contributed by atoms with Crippen molar-refractivity contribution in [2.24, 2.45) is 0 Å². The molecule has 0 radical (unpaired) electrons. The lowest BCUT2D eigenvalue weighted by atomic mass is 10.2. The number of hydrogen-bond acceptors (Lipinski definition) is 7. The second kappa shape index (κ2) is 9.27. The van der Waals surface area contributed by atoms with E-state index < -0.39 is 0 Å². The zero-order valence-electron chi connectivity index (χ0n) is 16.9. The molecule has 0 N–H and O–H groups in total. The Bertz CT molecular complexity index is 988. The van der Waals surface area contributed by atoms with Crippen LogP contribution in [0.2, 0.25) is 0 Å². The number of thioether (sulfide) groups is 1. The van der Waals surface area contributed by atoms with E-state index >= 15 is 0 Å². The van der Waals surface area contributed by atoms with Gasteiger partial charge in [-0.1, -0.05) is 11.8 Å². The highest BCUT2D eigenvalue weighted by atomic mass is 32.2. The van der Waals surface area contributed by atoms with Gasteiger partial charge in [-0.05, 0) is 43.3 Å². The number of benzene rings is 1. The summed E-state index contributed by atoms with van der Waals surface area (Å²) in [5.74, 6) is 1.54. The van der Waals surface area contributed by atoms with Gasteiger partial charge in [0.2, 0.25) is 5.91 Å². The van der Waals surface area contributed by atoms with E-state index in [1.54, 1.807) is 19.5 Å². The van der Waals surface area contributed by atoms with Crippen molar-refractivity contribution in [1.29, 1.82) is 0 Å². The Hall–Kier alpha value is -2.91. The molecular weight excluding hydrogens is 402 g/mol. The molecule has 0 saturated carbocycles. The molecule has 30 heavy (non-hydrogen) atoms. The third-order valence-corrected chi connectivity index (χ3v) is 5.89. The van der Waals surface area contributed by atoms with E-state index in [4.69, 9.17) is 9.47 Å². The van der Waals surface area contributed by atoms with Gasteiger partial charge in [-0.3, -0.25) is 14.3 Å². The van der Waals surface area contributed by atoms with Crippen molar-refractivity contribution in [2.75, 3.05) is 33.4 Å². The number of carbonyl (C=O) groups excluding carboxylic acids is 1. The van der Waals surface area contributed by atoms with Crippen LogP contribution in [0.3, 0.4) is 0 Å². The van der Waals surface area contributed by atoms with Crippen molar-refractivity contribution in [1.82, 2.24) is 24.6 Å². The summed E-state index contributed by atoms with van der Waals surface area (Å²) in [6, 6.07) is 11.5. The smallest absolute Gasteiger partial charge is 0.236 e. The molecule has 1 fully saturated rings. The normalized spacial score (nSPS) is 15.1. The van der Waals surface area contributed by atoms with Gasteiger partial charge in [0.15, 0.2) is 11.0 Å². The van der Waals surface area contributed by atoms with Crippen LogP contribution in [0.5, 0.6) is 5.75 Å². The molecule has 2 aromatic heterocycles. The van der Waals surface area contributed by atoms with Crippen molar-refractivity contribution in [3.8, 4) is 22.8 Å². The van der Waals surface area contributed by atoms with E-state index in [0.717, 1.165) is 17.0 Å². The minimum absolute atomic E-state index is 0.0815. The van der Waals surface area contributed by atoms with E-state index in [9.17, 15) is 4.79 Å². The first-order chi connectivity index (χ1) is 14.7. The van der Waals surface area contributed by atoms with Crippen LogP contribution in [0.15, 0.2) is 53.9 Å². The molecule has 1 aliphatic rings. The molecule has 156 valence electrons.